The number of esters is 3. The van der Waals surface area contributed by atoms with Crippen LogP contribution in [0.1, 0.15) is 227 Å². The maximum absolute atomic E-state index is 13.1. The monoisotopic (exact) mass is 828 g/mol. The first-order valence-electron chi connectivity index (χ1n) is 25.0. The average molecular weight is 828 g/mol. The summed E-state index contributed by atoms with van der Waals surface area (Å²) in [6, 6.07) is 0. The summed E-state index contributed by atoms with van der Waals surface area (Å²) in [7, 11) is 0. The molecule has 1 atom stereocenters. The summed E-state index contributed by atoms with van der Waals surface area (Å²) < 4.78 is 17.9. The van der Waals surface area contributed by atoms with Crippen LogP contribution in [0.2, 0.25) is 0 Å². The fourth-order valence-corrected chi connectivity index (χ4v) is 7.68. The Labute approximate surface area is 364 Å². The summed E-state index contributed by atoms with van der Waals surface area (Å²) >= 11 is 0. The molecule has 1 heterocycles. The average Bonchev–Trinajstić information content (AvgIpc) is 3.64. The summed E-state index contributed by atoms with van der Waals surface area (Å²) in [5, 5.41) is 0. The Morgan fingerprint density at radius 2 is 0.780 bits per heavy atom. The van der Waals surface area contributed by atoms with Crippen molar-refractivity contribution < 1.29 is 28.6 Å². The maximum Gasteiger partial charge on any atom is 0.305 e. The summed E-state index contributed by atoms with van der Waals surface area (Å²) in [5.74, 6) is -0.123. The zero-order valence-corrected chi connectivity index (χ0v) is 39.1. The van der Waals surface area contributed by atoms with E-state index in [0.717, 1.165) is 96.6 Å². The van der Waals surface area contributed by atoms with Crippen molar-refractivity contribution in [2.45, 2.75) is 227 Å². The number of hydrogen-bond donors (Lipinski definition) is 0. The molecular weight excluding hydrogens is 735 g/mol. The molecule has 7 nitrogen and oxygen atoms in total. The second-order valence-corrected chi connectivity index (χ2v) is 17.9. The number of nitrogens with zero attached hydrogens (tertiary/aromatic N) is 1. The number of rotatable bonds is 41. The van der Waals surface area contributed by atoms with Crippen LogP contribution in [0.4, 0.5) is 0 Å². The molecule has 0 bridgehead atoms. The van der Waals surface area contributed by atoms with Crippen molar-refractivity contribution in [2.75, 3.05) is 39.5 Å². The third-order valence-electron chi connectivity index (χ3n) is 11.6. The number of likely N-dealkylation sites (tertiary alicyclic amines) is 1. The topological polar surface area (TPSA) is 82.1 Å². The number of carbonyl (C=O) groups is 3. The van der Waals surface area contributed by atoms with Crippen molar-refractivity contribution >= 4 is 17.9 Å². The quantitative estimate of drug-likeness (QED) is 0.0263. The van der Waals surface area contributed by atoms with Gasteiger partial charge in [0.05, 0.1) is 5.41 Å². The predicted octanol–water partition coefficient (Wildman–Crippen LogP) is 14.4. The zero-order valence-electron chi connectivity index (χ0n) is 39.1. The lowest BCUT2D eigenvalue weighted by Gasteiger charge is -2.35. The smallest absolute Gasteiger partial charge is 0.305 e. The van der Waals surface area contributed by atoms with Crippen LogP contribution in [0, 0.1) is 11.3 Å². The fraction of sp³-hybridized carbons (Fsp3) is 0.827. The summed E-state index contributed by atoms with van der Waals surface area (Å²) in [6.07, 6.45) is 46.4. The number of ether oxygens (including phenoxy) is 3. The van der Waals surface area contributed by atoms with Crippen LogP contribution in [0.3, 0.4) is 0 Å². The van der Waals surface area contributed by atoms with Crippen LogP contribution in [0.25, 0.3) is 0 Å². The minimum absolute atomic E-state index is 0.0709. The molecule has 1 rings (SSSR count). The number of unbranched alkanes of at least 4 members (excludes halogenated alkanes) is 21. The molecule has 1 fully saturated rings. The van der Waals surface area contributed by atoms with Gasteiger partial charge in [0.15, 0.2) is 0 Å². The standard InChI is InChI=1S/C52H93NO6/c1-5-8-11-14-17-20-23-26-29-32-35-38-49(54)57-45-52(44-53-42-41-48(4)43-53,46-58-50(55)39-36-33-30-27-24-21-18-15-12-9-6-2)47-59-51(56)40-37-34-31-28-25-22-19-16-13-10-7-3/h14-19,48H,5-13,20-47H2,1-4H3/b17-14-,18-15-,19-16-. The molecule has 0 saturated carbocycles. The van der Waals surface area contributed by atoms with Gasteiger partial charge in [-0.1, -0.05) is 160 Å². The minimum atomic E-state index is -0.815. The molecule has 0 radical (unpaired) electrons. The molecular formula is C52H93NO6. The van der Waals surface area contributed by atoms with Crippen LogP contribution in [0.5, 0.6) is 0 Å². The van der Waals surface area contributed by atoms with Crippen LogP contribution in [0.15, 0.2) is 36.5 Å². The highest BCUT2D eigenvalue weighted by Gasteiger charge is 2.39. The van der Waals surface area contributed by atoms with Crippen LogP contribution >= 0.6 is 0 Å². The van der Waals surface area contributed by atoms with Gasteiger partial charge in [-0.3, -0.25) is 14.4 Å². The van der Waals surface area contributed by atoms with Gasteiger partial charge in [-0.25, -0.2) is 0 Å². The zero-order chi connectivity index (χ0) is 42.9. The lowest BCUT2D eigenvalue weighted by molar-refractivity contribution is -0.163. The molecule has 1 aliphatic heterocycles. The van der Waals surface area contributed by atoms with E-state index in [-0.39, 0.29) is 37.7 Å². The number of allylic oxidation sites excluding steroid dienone is 6. The van der Waals surface area contributed by atoms with E-state index in [1.54, 1.807) is 0 Å². The summed E-state index contributed by atoms with van der Waals surface area (Å²) in [4.78, 5) is 41.7. The van der Waals surface area contributed by atoms with Gasteiger partial charge in [0.1, 0.15) is 19.8 Å². The lowest BCUT2D eigenvalue weighted by atomic mass is 9.90. The molecule has 7 heteroatoms. The van der Waals surface area contributed by atoms with Gasteiger partial charge in [0.2, 0.25) is 0 Å². The molecule has 1 saturated heterocycles. The van der Waals surface area contributed by atoms with Crippen LogP contribution in [-0.4, -0.2) is 62.3 Å². The highest BCUT2D eigenvalue weighted by Crippen LogP contribution is 2.27. The van der Waals surface area contributed by atoms with Crippen molar-refractivity contribution in [3.05, 3.63) is 36.5 Å². The Morgan fingerprint density at radius 1 is 0.475 bits per heavy atom. The Hall–Kier alpha value is -2.41. The molecule has 0 spiro atoms. The summed E-state index contributed by atoms with van der Waals surface area (Å²) in [6.45, 7) is 11.5. The largest absolute Gasteiger partial charge is 0.465 e. The number of hydrogen-bond acceptors (Lipinski definition) is 7. The predicted molar refractivity (Wildman–Crippen MR) is 248 cm³/mol. The SMILES string of the molecule is CCCC/C=C\CCCCCCCC(=O)OCC(COC(=O)CCCCCCC/C=C\CCCC)(COC(=O)CCCCCCC/C=C\CCCC)CN1CCC(C)C1. The van der Waals surface area contributed by atoms with Gasteiger partial charge in [0, 0.05) is 32.4 Å². The minimum Gasteiger partial charge on any atom is -0.465 e. The van der Waals surface area contributed by atoms with Crippen LogP contribution < -0.4 is 0 Å². The molecule has 0 aliphatic carbocycles. The highest BCUT2D eigenvalue weighted by molar-refractivity contribution is 5.70. The van der Waals surface area contributed by atoms with E-state index in [1.807, 2.05) is 0 Å². The second-order valence-electron chi connectivity index (χ2n) is 17.9. The lowest BCUT2D eigenvalue weighted by Crippen LogP contribution is -2.48. The normalized spacial score (nSPS) is 14.9. The van der Waals surface area contributed by atoms with Gasteiger partial charge < -0.3 is 19.1 Å². The van der Waals surface area contributed by atoms with Gasteiger partial charge >= 0.3 is 17.9 Å². The Bertz CT molecular complexity index is 982. The molecule has 0 aromatic rings. The van der Waals surface area contributed by atoms with Gasteiger partial charge in [-0.05, 0) is 95.9 Å². The molecule has 0 aromatic carbocycles. The van der Waals surface area contributed by atoms with E-state index in [2.05, 4.69) is 69.1 Å². The summed E-state index contributed by atoms with van der Waals surface area (Å²) in [5.41, 5.74) is -0.815. The van der Waals surface area contributed by atoms with Crippen molar-refractivity contribution in [1.29, 1.82) is 0 Å². The number of carbonyl (C=O) groups excluding carboxylic acids is 3. The Morgan fingerprint density at radius 3 is 1.08 bits per heavy atom. The van der Waals surface area contributed by atoms with Gasteiger partial charge in [-0.15, -0.1) is 0 Å². The van der Waals surface area contributed by atoms with E-state index < -0.39 is 5.41 Å². The van der Waals surface area contributed by atoms with E-state index in [1.165, 1.54) is 96.3 Å². The third-order valence-corrected chi connectivity index (χ3v) is 11.6. The molecule has 342 valence electrons. The van der Waals surface area contributed by atoms with E-state index >= 15 is 0 Å². The van der Waals surface area contributed by atoms with Crippen molar-refractivity contribution in [3.63, 3.8) is 0 Å². The van der Waals surface area contributed by atoms with E-state index in [4.69, 9.17) is 14.2 Å². The molecule has 0 amide bonds. The molecule has 1 unspecified atom stereocenters. The molecule has 1 aliphatic rings. The van der Waals surface area contributed by atoms with E-state index in [9.17, 15) is 14.4 Å². The maximum atomic E-state index is 13.1. The Balaban J connectivity index is 2.71. The van der Waals surface area contributed by atoms with Gasteiger partial charge in [0.25, 0.3) is 0 Å². The molecule has 59 heavy (non-hydrogen) atoms. The first kappa shape index (κ1) is 54.6. The van der Waals surface area contributed by atoms with Crippen molar-refractivity contribution in [3.8, 4) is 0 Å². The molecule has 0 N–H and O–H groups in total. The highest BCUT2D eigenvalue weighted by atomic mass is 16.6. The fourth-order valence-electron chi connectivity index (χ4n) is 7.68. The van der Waals surface area contributed by atoms with Crippen molar-refractivity contribution in [2.24, 2.45) is 11.3 Å². The van der Waals surface area contributed by atoms with E-state index in [0.29, 0.717) is 31.7 Å². The first-order chi connectivity index (χ1) is 28.8. The third kappa shape index (κ3) is 33.9. The molecule has 0 aromatic heterocycles. The second kappa shape index (κ2) is 39.7. The first-order valence-corrected chi connectivity index (χ1v) is 25.0. The van der Waals surface area contributed by atoms with Crippen LogP contribution in [-0.2, 0) is 28.6 Å². The van der Waals surface area contributed by atoms with Gasteiger partial charge in [-0.2, -0.15) is 0 Å². The van der Waals surface area contributed by atoms with Crippen molar-refractivity contribution in [1.82, 2.24) is 4.90 Å². The Kier molecular flexibility index (Phi) is 36.8.